The number of urea groups is 1. The molecular formula is C22H26FN7O. The third-order valence-electron chi connectivity index (χ3n) is 5.32. The summed E-state index contributed by atoms with van der Waals surface area (Å²) in [6, 6.07) is 13.7. The van der Waals surface area contributed by atoms with Crippen LogP contribution in [-0.4, -0.2) is 71.1 Å². The van der Waals surface area contributed by atoms with Crippen LogP contribution in [0.15, 0.2) is 54.7 Å². The highest BCUT2D eigenvalue weighted by Crippen LogP contribution is 2.28. The van der Waals surface area contributed by atoms with Gasteiger partial charge in [0, 0.05) is 33.2 Å². The van der Waals surface area contributed by atoms with Crippen LogP contribution in [0.2, 0.25) is 0 Å². The Hall–Kier alpha value is -3.46. The summed E-state index contributed by atoms with van der Waals surface area (Å²) >= 11 is 0. The number of hydrogen-bond acceptors (Lipinski definition) is 5. The van der Waals surface area contributed by atoms with E-state index in [4.69, 9.17) is 0 Å². The molecule has 31 heavy (non-hydrogen) atoms. The number of amides is 2. The Balaban J connectivity index is 1.43. The Morgan fingerprint density at radius 1 is 1.13 bits per heavy atom. The summed E-state index contributed by atoms with van der Waals surface area (Å²) in [5.41, 5.74) is 2.79. The number of aromatic nitrogens is 3. The number of hydrogen-bond donors (Lipinski definition) is 1. The quantitative estimate of drug-likeness (QED) is 0.684. The molecule has 1 aliphatic heterocycles. The Morgan fingerprint density at radius 3 is 2.61 bits per heavy atom. The summed E-state index contributed by atoms with van der Waals surface area (Å²) in [5.74, 6) is -0.387. The fourth-order valence-electron chi connectivity index (χ4n) is 3.51. The molecule has 1 aromatic heterocycles. The van der Waals surface area contributed by atoms with E-state index >= 15 is 0 Å². The topological polar surface area (TPSA) is 69.5 Å². The van der Waals surface area contributed by atoms with Crippen molar-refractivity contribution >= 4 is 17.4 Å². The number of halogens is 1. The number of nitrogens with zero attached hydrogens (tertiary/aromatic N) is 6. The van der Waals surface area contributed by atoms with E-state index in [-0.39, 0.29) is 18.4 Å². The van der Waals surface area contributed by atoms with E-state index in [1.807, 2.05) is 30.3 Å². The van der Waals surface area contributed by atoms with Gasteiger partial charge in [0.2, 0.25) is 0 Å². The van der Waals surface area contributed by atoms with Crippen molar-refractivity contribution < 1.29 is 9.18 Å². The standard InChI is InChI=1S/C22H26FN7O/c1-27-10-12-29(13-11-27)21-9-8-17(23)14-20(21)25-22(31)28(2)16-18-15-24-30(26-18)19-6-4-3-5-7-19/h3-9,14-15H,10-13,16H2,1-2H3,(H,25,31). The van der Waals surface area contributed by atoms with E-state index < -0.39 is 0 Å². The maximum absolute atomic E-state index is 13.9. The molecule has 9 heteroatoms. The zero-order valence-electron chi connectivity index (χ0n) is 17.7. The van der Waals surface area contributed by atoms with Gasteiger partial charge in [-0.2, -0.15) is 15.0 Å². The monoisotopic (exact) mass is 423 g/mol. The fraction of sp³-hybridized carbons (Fsp3) is 0.318. The Morgan fingerprint density at radius 2 is 1.87 bits per heavy atom. The van der Waals surface area contributed by atoms with Crippen molar-refractivity contribution in [1.29, 1.82) is 0 Å². The number of nitrogens with one attached hydrogen (secondary N) is 1. The first kappa shape index (κ1) is 20.8. The van der Waals surface area contributed by atoms with Gasteiger partial charge in [-0.05, 0) is 37.4 Å². The summed E-state index contributed by atoms with van der Waals surface area (Å²) < 4.78 is 13.9. The maximum atomic E-state index is 13.9. The lowest BCUT2D eigenvalue weighted by molar-refractivity contribution is 0.220. The Bertz CT molecular complexity index is 1030. The van der Waals surface area contributed by atoms with E-state index in [1.165, 1.54) is 21.8 Å². The molecule has 3 aromatic rings. The second-order valence-electron chi connectivity index (χ2n) is 7.70. The summed E-state index contributed by atoms with van der Waals surface area (Å²) in [4.78, 5) is 20.2. The van der Waals surface area contributed by atoms with Crippen LogP contribution < -0.4 is 10.2 Å². The molecule has 8 nitrogen and oxygen atoms in total. The van der Waals surface area contributed by atoms with Crippen LogP contribution in [-0.2, 0) is 6.54 Å². The molecule has 0 unspecified atom stereocenters. The van der Waals surface area contributed by atoms with Crippen molar-refractivity contribution in [2.75, 3.05) is 50.5 Å². The molecule has 1 aliphatic rings. The van der Waals surface area contributed by atoms with Crippen molar-refractivity contribution in [3.05, 3.63) is 66.2 Å². The zero-order valence-corrected chi connectivity index (χ0v) is 17.7. The summed E-state index contributed by atoms with van der Waals surface area (Å²) in [7, 11) is 3.75. The summed E-state index contributed by atoms with van der Waals surface area (Å²) in [6.45, 7) is 3.76. The van der Waals surface area contributed by atoms with E-state index in [9.17, 15) is 9.18 Å². The predicted octanol–water partition coefficient (Wildman–Crippen LogP) is 2.82. The van der Waals surface area contributed by atoms with Gasteiger partial charge in [0.15, 0.2) is 0 Å². The van der Waals surface area contributed by atoms with Gasteiger partial charge in [0.05, 0.1) is 29.8 Å². The molecular weight excluding hydrogens is 397 g/mol. The maximum Gasteiger partial charge on any atom is 0.322 e. The van der Waals surface area contributed by atoms with Gasteiger partial charge in [0.1, 0.15) is 11.5 Å². The number of carbonyl (C=O) groups is 1. The number of likely N-dealkylation sites (N-methyl/N-ethyl adjacent to an activating group) is 1. The molecule has 1 saturated heterocycles. The lowest BCUT2D eigenvalue weighted by atomic mass is 10.2. The van der Waals surface area contributed by atoms with Crippen molar-refractivity contribution in [3.8, 4) is 5.69 Å². The van der Waals surface area contributed by atoms with Gasteiger partial charge >= 0.3 is 6.03 Å². The summed E-state index contributed by atoms with van der Waals surface area (Å²) in [6.07, 6.45) is 1.63. The van der Waals surface area contributed by atoms with Crippen LogP contribution in [0.1, 0.15) is 5.69 Å². The largest absolute Gasteiger partial charge is 0.367 e. The van der Waals surface area contributed by atoms with E-state index in [0.717, 1.165) is 37.6 Å². The van der Waals surface area contributed by atoms with E-state index in [0.29, 0.717) is 11.4 Å². The first-order valence-corrected chi connectivity index (χ1v) is 10.2. The van der Waals surface area contributed by atoms with Crippen LogP contribution in [0.25, 0.3) is 5.69 Å². The molecule has 2 aromatic carbocycles. The van der Waals surface area contributed by atoms with Gasteiger partial charge in [-0.25, -0.2) is 9.18 Å². The Labute approximate surface area is 180 Å². The molecule has 2 amide bonds. The highest BCUT2D eigenvalue weighted by molar-refractivity contribution is 5.93. The average Bonchev–Trinajstić information content (AvgIpc) is 3.24. The molecule has 162 valence electrons. The normalized spacial score (nSPS) is 14.5. The third-order valence-corrected chi connectivity index (χ3v) is 5.32. The minimum absolute atomic E-state index is 0.276. The lowest BCUT2D eigenvalue weighted by Crippen LogP contribution is -2.45. The van der Waals surface area contributed by atoms with Crippen LogP contribution >= 0.6 is 0 Å². The molecule has 0 aliphatic carbocycles. The highest BCUT2D eigenvalue weighted by atomic mass is 19.1. The van der Waals surface area contributed by atoms with Gasteiger partial charge in [-0.15, -0.1) is 0 Å². The van der Waals surface area contributed by atoms with Crippen LogP contribution in [0.3, 0.4) is 0 Å². The van der Waals surface area contributed by atoms with Crippen LogP contribution in [0.5, 0.6) is 0 Å². The molecule has 0 spiro atoms. The van der Waals surface area contributed by atoms with Crippen LogP contribution in [0.4, 0.5) is 20.6 Å². The van der Waals surface area contributed by atoms with E-state index in [1.54, 1.807) is 19.3 Å². The molecule has 0 radical (unpaired) electrons. The first-order chi connectivity index (χ1) is 15.0. The second-order valence-corrected chi connectivity index (χ2v) is 7.70. The SMILES string of the molecule is CN1CCN(c2ccc(F)cc2NC(=O)N(C)Cc2cnn(-c3ccccc3)n2)CC1. The average molecular weight is 423 g/mol. The van der Waals surface area contributed by atoms with Crippen molar-refractivity contribution in [2.24, 2.45) is 0 Å². The number of para-hydroxylation sites is 1. The zero-order chi connectivity index (χ0) is 21.8. The molecule has 1 fully saturated rings. The fourth-order valence-corrected chi connectivity index (χ4v) is 3.51. The third kappa shape index (κ3) is 5.00. The molecule has 1 N–H and O–H groups in total. The smallest absolute Gasteiger partial charge is 0.322 e. The van der Waals surface area contributed by atoms with Gasteiger partial charge < -0.3 is 20.0 Å². The number of carbonyl (C=O) groups excluding carboxylic acids is 1. The molecule has 0 bridgehead atoms. The van der Waals surface area contributed by atoms with Gasteiger partial charge in [0.25, 0.3) is 0 Å². The molecule has 4 rings (SSSR count). The second kappa shape index (κ2) is 9.13. The lowest BCUT2D eigenvalue weighted by Gasteiger charge is -2.35. The molecule has 0 atom stereocenters. The van der Waals surface area contributed by atoms with E-state index in [2.05, 4.69) is 32.4 Å². The minimum atomic E-state index is -0.387. The van der Waals surface area contributed by atoms with Crippen molar-refractivity contribution in [2.45, 2.75) is 6.54 Å². The number of benzene rings is 2. The van der Waals surface area contributed by atoms with Crippen molar-refractivity contribution in [3.63, 3.8) is 0 Å². The highest BCUT2D eigenvalue weighted by Gasteiger charge is 2.20. The van der Waals surface area contributed by atoms with Crippen molar-refractivity contribution in [1.82, 2.24) is 24.8 Å². The summed E-state index contributed by atoms with van der Waals surface area (Å²) in [5, 5.41) is 11.6. The molecule has 2 heterocycles. The number of anilines is 2. The van der Waals surface area contributed by atoms with Crippen LogP contribution in [0, 0.1) is 5.82 Å². The number of piperazine rings is 1. The Kier molecular flexibility index (Phi) is 6.13. The van der Waals surface area contributed by atoms with Gasteiger partial charge in [-0.3, -0.25) is 0 Å². The van der Waals surface area contributed by atoms with Gasteiger partial charge in [-0.1, -0.05) is 18.2 Å². The minimum Gasteiger partial charge on any atom is -0.367 e. The number of rotatable bonds is 5. The first-order valence-electron chi connectivity index (χ1n) is 10.2. The molecule has 0 saturated carbocycles. The predicted molar refractivity (Wildman–Crippen MR) is 118 cm³/mol.